The largest absolute Gasteiger partial charge is 0.492 e. The second kappa shape index (κ2) is 5.37. The van der Waals surface area contributed by atoms with Crippen LogP contribution in [0.1, 0.15) is 0 Å². The molecule has 0 aliphatic heterocycles. The van der Waals surface area contributed by atoms with E-state index < -0.39 is 43.3 Å². The Hall–Kier alpha value is -0.820. The zero-order valence-corrected chi connectivity index (χ0v) is 10.8. The van der Waals surface area contributed by atoms with Crippen LogP contribution in [0.3, 0.4) is 0 Å². The SMILES string of the molecule is O=S(=O)(O)C(F)(F)OC(F)(F)C(F)(F)OC(F)(F)S(=O)(=O)O. The quantitative estimate of drug-likeness (QED) is 0.485. The fourth-order valence-electron chi connectivity index (χ4n) is 0.523. The van der Waals surface area contributed by atoms with Crippen molar-refractivity contribution >= 4 is 20.2 Å². The maximum atomic E-state index is 12.6. The predicted octanol–water partition coefficient (Wildman–Crippen LogP) is 1.08. The topological polar surface area (TPSA) is 127 Å². The fraction of sp³-hybridized carbons (Fsp3) is 1.00. The smallest absolute Gasteiger partial charge is 0.279 e. The molecule has 0 aromatic rings. The van der Waals surface area contributed by atoms with Crippen LogP contribution < -0.4 is 0 Å². The van der Waals surface area contributed by atoms with Crippen LogP contribution in [0.2, 0.25) is 0 Å². The Morgan fingerprint density at radius 1 is 0.591 bits per heavy atom. The Morgan fingerprint density at radius 2 is 0.773 bits per heavy atom. The van der Waals surface area contributed by atoms with Gasteiger partial charge in [0, 0.05) is 0 Å². The van der Waals surface area contributed by atoms with Gasteiger partial charge in [-0.3, -0.25) is 9.11 Å². The Kier molecular flexibility index (Phi) is 5.17. The van der Waals surface area contributed by atoms with E-state index in [-0.39, 0.29) is 0 Å². The standard InChI is InChI=1S/C4H2F8O8S2/c5-1(6,19-3(9,10)21(13,14)15)2(7,8)20-4(11,12)22(16,17)18/h(H,13,14,15)(H,16,17,18). The van der Waals surface area contributed by atoms with Crippen molar-refractivity contribution < 1.29 is 70.5 Å². The molecule has 0 aromatic heterocycles. The molecule has 2 N–H and O–H groups in total. The molecule has 0 bridgehead atoms. The van der Waals surface area contributed by atoms with Crippen LogP contribution in [0.25, 0.3) is 0 Å². The number of rotatable bonds is 7. The van der Waals surface area contributed by atoms with Crippen molar-refractivity contribution in [2.75, 3.05) is 0 Å². The molecule has 0 atom stereocenters. The molecule has 0 saturated heterocycles. The van der Waals surface area contributed by atoms with Crippen molar-refractivity contribution in [3.05, 3.63) is 0 Å². The third-order valence-corrected chi connectivity index (χ3v) is 2.80. The van der Waals surface area contributed by atoms with Crippen LogP contribution >= 0.6 is 0 Å². The van der Waals surface area contributed by atoms with Crippen LogP contribution in [-0.2, 0) is 29.7 Å². The van der Waals surface area contributed by atoms with Gasteiger partial charge in [0.25, 0.3) is 0 Å². The third-order valence-electron chi connectivity index (χ3n) is 1.43. The van der Waals surface area contributed by atoms with Gasteiger partial charge in [0.05, 0.1) is 0 Å². The van der Waals surface area contributed by atoms with Crippen LogP contribution in [-0.4, -0.2) is 49.0 Å². The van der Waals surface area contributed by atoms with Gasteiger partial charge in [-0.25, -0.2) is 9.47 Å². The lowest BCUT2D eigenvalue weighted by molar-refractivity contribution is -0.491. The average molecular weight is 394 g/mol. The Labute approximate surface area is 115 Å². The van der Waals surface area contributed by atoms with Gasteiger partial charge in [0.1, 0.15) is 0 Å². The first-order chi connectivity index (χ1) is 9.16. The summed E-state index contributed by atoms with van der Waals surface area (Å²) in [6.07, 6.45) is -13.8. The van der Waals surface area contributed by atoms with Crippen LogP contribution in [0.4, 0.5) is 35.1 Å². The minimum atomic E-state index is -6.89. The molecule has 0 amide bonds. The van der Waals surface area contributed by atoms with E-state index in [4.69, 9.17) is 9.11 Å². The van der Waals surface area contributed by atoms with Gasteiger partial charge in [-0.1, -0.05) is 0 Å². The molecule has 0 rings (SSSR count). The number of ether oxygens (including phenoxy) is 2. The number of alkyl halides is 8. The van der Waals surface area contributed by atoms with Gasteiger partial charge in [-0.05, 0) is 0 Å². The van der Waals surface area contributed by atoms with E-state index in [2.05, 4.69) is 0 Å². The Morgan fingerprint density at radius 3 is 0.909 bits per heavy atom. The van der Waals surface area contributed by atoms with Crippen molar-refractivity contribution in [2.24, 2.45) is 0 Å². The normalized spacial score (nSPS) is 15.9. The fourth-order valence-corrected chi connectivity index (χ4v) is 0.943. The Balaban J connectivity index is 5.62. The second-order valence-electron chi connectivity index (χ2n) is 3.11. The van der Waals surface area contributed by atoms with Crippen LogP contribution in [0.5, 0.6) is 0 Å². The monoisotopic (exact) mass is 394 g/mol. The van der Waals surface area contributed by atoms with Gasteiger partial charge >= 0.3 is 43.3 Å². The zero-order valence-electron chi connectivity index (χ0n) is 9.18. The highest BCUT2D eigenvalue weighted by molar-refractivity contribution is 7.86. The molecule has 0 aliphatic rings. The summed E-state index contributed by atoms with van der Waals surface area (Å²) in [7, 11) is -13.7. The summed E-state index contributed by atoms with van der Waals surface area (Å²) in [6, 6.07) is 0. The molecule has 134 valence electrons. The molecule has 18 heteroatoms. The van der Waals surface area contributed by atoms with Crippen molar-refractivity contribution in [1.29, 1.82) is 0 Å². The molecule has 0 fully saturated rings. The molecule has 8 nitrogen and oxygen atoms in total. The predicted molar refractivity (Wildman–Crippen MR) is 45.1 cm³/mol. The van der Waals surface area contributed by atoms with Gasteiger partial charge < -0.3 is 0 Å². The lowest BCUT2D eigenvalue weighted by atomic mass is 10.6. The van der Waals surface area contributed by atoms with Crippen LogP contribution in [0, 0.1) is 0 Å². The van der Waals surface area contributed by atoms with Gasteiger partial charge in [-0.2, -0.15) is 52.0 Å². The highest BCUT2D eigenvalue weighted by atomic mass is 32.2. The van der Waals surface area contributed by atoms with Gasteiger partial charge in [-0.15, -0.1) is 0 Å². The summed E-state index contributed by atoms with van der Waals surface area (Å²) in [5, 5.41) is 0. The first-order valence-corrected chi connectivity index (χ1v) is 6.90. The summed E-state index contributed by atoms with van der Waals surface area (Å²) >= 11 is 0. The number of halogens is 8. The molecule has 0 radical (unpaired) electrons. The van der Waals surface area contributed by atoms with Gasteiger partial charge in [0.2, 0.25) is 0 Å². The van der Waals surface area contributed by atoms with E-state index in [9.17, 15) is 52.0 Å². The highest BCUT2D eigenvalue weighted by Crippen LogP contribution is 2.44. The van der Waals surface area contributed by atoms with E-state index in [0.29, 0.717) is 0 Å². The lowest BCUT2D eigenvalue weighted by Gasteiger charge is -2.29. The van der Waals surface area contributed by atoms with E-state index in [0.717, 1.165) is 0 Å². The zero-order chi connectivity index (χ0) is 18.4. The summed E-state index contributed by atoms with van der Waals surface area (Å²) in [6.45, 7) is 0. The van der Waals surface area contributed by atoms with Crippen molar-refractivity contribution in [1.82, 2.24) is 0 Å². The van der Waals surface area contributed by atoms with E-state index in [1.807, 2.05) is 0 Å². The lowest BCUT2D eigenvalue weighted by Crippen LogP contribution is -2.54. The van der Waals surface area contributed by atoms with E-state index in [1.165, 1.54) is 0 Å². The first kappa shape index (κ1) is 21.2. The molecule has 22 heavy (non-hydrogen) atoms. The maximum absolute atomic E-state index is 12.6. The van der Waals surface area contributed by atoms with Crippen molar-refractivity contribution in [2.45, 2.75) is 23.1 Å². The van der Waals surface area contributed by atoms with Crippen molar-refractivity contribution in [3.8, 4) is 0 Å². The Bertz CT molecular complexity index is 567. The summed E-state index contributed by atoms with van der Waals surface area (Å²) in [5.74, 6) is 0. The second-order valence-corrected chi connectivity index (χ2v) is 5.97. The highest BCUT2D eigenvalue weighted by Gasteiger charge is 2.71. The molecule has 0 unspecified atom stereocenters. The molecule has 0 spiro atoms. The van der Waals surface area contributed by atoms with Crippen molar-refractivity contribution in [3.63, 3.8) is 0 Å². The maximum Gasteiger partial charge on any atom is 0.492 e. The first-order valence-electron chi connectivity index (χ1n) is 4.02. The summed E-state index contributed by atoms with van der Waals surface area (Å²) in [5.41, 5.74) is -12.8. The molecule has 0 heterocycles. The molecule has 0 aliphatic carbocycles. The van der Waals surface area contributed by atoms with E-state index >= 15 is 0 Å². The van der Waals surface area contributed by atoms with Gasteiger partial charge in [0.15, 0.2) is 0 Å². The minimum Gasteiger partial charge on any atom is -0.279 e. The minimum absolute atomic E-state index is 1.72. The third kappa shape index (κ3) is 4.35. The number of hydrogen-bond acceptors (Lipinski definition) is 6. The summed E-state index contributed by atoms with van der Waals surface area (Å²) in [4.78, 5) is 0. The molecular weight excluding hydrogens is 392 g/mol. The molecular formula is C4H2F8O8S2. The van der Waals surface area contributed by atoms with E-state index in [1.54, 1.807) is 9.47 Å². The van der Waals surface area contributed by atoms with Crippen LogP contribution in [0.15, 0.2) is 0 Å². The molecule has 0 aromatic carbocycles. The molecule has 0 saturated carbocycles. The summed E-state index contributed by atoms with van der Waals surface area (Å²) < 4.78 is 158. The number of hydrogen-bond donors (Lipinski definition) is 2. The average Bonchev–Trinajstić information content (AvgIpc) is 2.09.